The minimum atomic E-state index is -0.0314. The van der Waals surface area contributed by atoms with Crippen LogP contribution in [0.3, 0.4) is 0 Å². The molecule has 0 amide bonds. The molecule has 3 atom stereocenters. The summed E-state index contributed by atoms with van der Waals surface area (Å²) < 4.78 is 6.58. The van der Waals surface area contributed by atoms with Gasteiger partial charge in [-0.1, -0.05) is 33.8 Å². The lowest BCUT2D eigenvalue weighted by atomic mass is 9.49. The van der Waals surface area contributed by atoms with Crippen molar-refractivity contribution in [1.82, 2.24) is 0 Å². The van der Waals surface area contributed by atoms with Crippen LogP contribution in [0.5, 0.6) is 0 Å². The van der Waals surface area contributed by atoms with Crippen LogP contribution in [-0.2, 0) is 4.74 Å². The van der Waals surface area contributed by atoms with Gasteiger partial charge in [-0.2, -0.15) is 0 Å². The molecule has 1 aliphatic carbocycles. The first kappa shape index (κ1) is 10.8. The first-order chi connectivity index (χ1) is 7.25. The lowest BCUT2D eigenvalue weighted by Crippen LogP contribution is -2.56. The molecule has 2 saturated heterocycles. The fraction of sp³-hybridized carbons (Fsp3) is 0.867. The van der Waals surface area contributed by atoms with Crippen LogP contribution in [0.25, 0.3) is 0 Å². The molecule has 2 bridgehead atoms. The van der Waals surface area contributed by atoms with Crippen LogP contribution in [-0.4, -0.2) is 11.2 Å². The molecule has 0 aromatic heterocycles. The molecule has 1 spiro atoms. The second-order valence-electron chi connectivity index (χ2n) is 7.42. The van der Waals surface area contributed by atoms with Gasteiger partial charge in [-0.05, 0) is 37.2 Å². The molecule has 0 aromatic rings. The van der Waals surface area contributed by atoms with Crippen molar-refractivity contribution in [2.45, 2.75) is 71.0 Å². The largest absolute Gasteiger partial charge is 0.363 e. The molecule has 3 rings (SSSR count). The van der Waals surface area contributed by atoms with Gasteiger partial charge in [-0.25, -0.2) is 0 Å². The van der Waals surface area contributed by atoms with Gasteiger partial charge in [0.15, 0.2) is 0 Å². The van der Waals surface area contributed by atoms with E-state index >= 15 is 0 Å². The van der Waals surface area contributed by atoms with Crippen LogP contribution in [0, 0.1) is 10.8 Å². The molecule has 3 fully saturated rings. The van der Waals surface area contributed by atoms with E-state index in [1.54, 1.807) is 0 Å². The Labute approximate surface area is 99.3 Å². The van der Waals surface area contributed by atoms with Gasteiger partial charge in [0, 0.05) is 11.8 Å². The van der Waals surface area contributed by atoms with E-state index in [1.807, 2.05) is 0 Å². The van der Waals surface area contributed by atoms with E-state index in [1.165, 1.54) is 31.3 Å². The Balaban J connectivity index is 2.15. The standard InChI is InChI=1S/C15H24O/c1-11-9-15-12(2,3)7-6-8-13(15,4)10-14(11,5)16-15/h1,6-10H2,2-5H3/t13-,14-,15+/m0/s1. The van der Waals surface area contributed by atoms with Gasteiger partial charge in [-0.3, -0.25) is 0 Å². The van der Waals surface area contributed by atoms with Crippen LogP contribution < -0.4 is 0 Å². The zero-order valence-corrected chi connectivity index (χ0v) is 11.2. The molecule has 2 heterocycles. The molecule has 16 heavy (non-hydrogen) atoms. The van der Waals surface area contributed by atoms with E-state index in [9.17, 15) is 0 Å². The number of fused-ring (bicyclic) bond motifs is 1. The van der Waals surface area contributed by atoms with E-state index in [4.69, 9.17) is 4.74 Å². The molecule has 90 valence electrons. The van der Waals surface area contributed by atoms with Crippen LogP contribution in [0.15, 0.2) is 12.2 Å². The maximum absolute atomic E-state index is 6.58. The third-order valence-electron chi connectivity index (χ3n) is 5.94. The highest BCUT2D eigenvalue weighted by Crippen LogP contribution is 2.72. The van der Waals surface area contributed by atoms with Crippen molar-refractivity contribution in [2.75, 3.05) is 0 Å². The number of hydrogen-bond donors (Lipinski definition) is 0. The molecule has 1 saturated carbocycles. The van der Waals surface area contributed by atoms with Crippen molar-refractivity contribution in [1.29, 1.82) is 0 Å². The van der Waals surface area contributed by atoms with Gasteiger partial charge in [0.1, 0.15) is 0 Å². The van der Waals surface area contributed by atoms with Crippen molar-refractivity contribution in [2.24, 2.45) is 10.8 Å². The van der Waals surface area contributed by atoms with Gasteiger partial charge >= 0.3 is 0 Å². The molecule has 3 aliphatic rings. The van der Waals surface area contributed by atoms with Crippen LogP contribution in [0.1, 0.15) is 59.8 Å². The van der Waals surface area contributed by atoms with Gasteiger partial charge < -0.3 is 4.74 Å². The van der Waals surface area contributed by atoms with Crippen molar-refractivity contribution in [3.63, 3.8) is 0 Å². The molecule has 1 heteroatoms. The number of ether oxygens (including phenoxy) is 1. The zero-order chi connectivity index (χ0) is 11.8. The Morgan fingerprint density at radius 3 is 2.44 bits per heavy atom. The minimum Gasteiger partial charge on any atom is -0.363 e. The number of rotatable bonds is 0. The van der Waals surface area contributed by atoms with E-state index in [0.29, 0.717) is 10.8 Å². The third-order valence-corrected chi connectivity index (χ3v) is 5.94. The molecule has 0 aromatic carbocycles. The van der Waals surface area contributed by atoms with Crippen LogP contribution in [0.4, 0.5) is 0 Å². The fourth-order valence-electron chi connectivity index (χ4n) is 4.97. The normalized spacial score (nSPS) is 54.1. The molecular formula is C15H24O. The summed E-state index contributed by atoms with van der Waals surface area (Å²) >= 11 is 0. The third kappa shape index (κ3) is 0.932. The van der Waals surface area contributed by atoms with Gasteiger partial charge in [0.05, 0.1) is 11.2 Å². The monoisotopic (exact) mass is 220 g/mol. The molecule has 0 unspecified atom stereocenters. The zero-order valence-electron chi connectivity index (χ0n) is 11.2. The Kier molecular flexibility index (Phi) is 1.75. The van der Waals surface area contributed by atoms with Crippen molar-refractivity contribution in [3.05, 3.63) is 12.2 Å². The van der Waals surface area contributed by atoms with Crippen molar-refractivity contribution < 1.29 is 4.74 Å². The van der Waals surface area contributed by atoms with Crippen LogP contribution in [0.2, 0.25) is 0 Å². The Morgan fingerprint density at radius 2 is 1.81 bits per heavy atom. The summed E-state index contributed by atoms with van der Waals surface area (Å²) in [5.41, 5.74) is 2.06. The maximum atomic E-state index is 6.58. The highest BCUT2D eigenvalue weighted by molar-refractivity contribution is 5.34. The first-order valence-corrected chi connectivity index (χ1v) is 6.63. The molecular weight excluding hydrogens is 196 g/mol. The van der Waals surface area contributed by atoms with Crippen LogP contribution >= 0.6 is 0 Å². The average Bonchev–Trinajstić information content (AvgIpc) is 2.50. The van der Waals surface area contributed by atoms with Gasteiger partial charge in [-0.15, -0.1) is 0 Å². The average molecular weight is 220 g/mol. The van der Waals surface area contributed by atoms with E-state index in [2.05, 4.69) is 34.3 Å². The molecule has 0 radical (unpaired) electrons. The second-order valence-corrected chi connectivity index (χ2v) is 7.42. The molecule has 1 nitrogen and oxygen atoms in total. The Morgan fingerprint density at radius 1 is 1.12 bits per heavy atom. The van der Waals surface area contributed by atoms with Crippen molar-refractivity contribution in [3.8, 4) is 0 Å². The quantitative estimate of drug-likeness (QED) is 0.559. The fourth-order valence-corrected chi connectivity index (χ4v) is 4.97. The van der Waals surface area contributed by atoms with E-state index in [0.717, 1.165) is 6.42 Å². The molecule has 0 N–H and O–H groups in total. The second kappa shape index (κ2) is 2.58. The lowest BCUT2D eigenvalue weighted by molar-refractivity contribution is -0.164. The summed E-state index contributed by atoms with van der Waals surface area (Å²) in [6.45, 7) is 13.8. The summed E-state index contributed by atoms with van der Waals surface area (Å²) in [5.74, 6) is 0. The van der Waals surface area contributed by atoms with Gasteiger partial charge in [0.2, 0.25) is 0 Å². The summed E-state index contributed by atoms with van der Waals surface area (Å²) in [5, 5.41) is 0. The van der Waals surface area contributed by atoms with E-state index in [-0.39, 0.29) is 11.2 Å². The summed E-state index contributed by atoms with van der Waals surface area (Å²) in [6.07, 6.45) is 6.26. The lowest BCUT2D eigenvalue weighted by Gasteiger charge is -2.55. The predicted octanol–water partition coefficient (Wildman–Crippen LogP) is 4.08. The highest BCUT2D eigenvalue weighted by atomic mass is 16.5. The summed E-state index contributed by atoms with van der Waals surface area (Å²) in [4.78, 5) is 0. The van der Waals surface area contributed by atoms with Gasteiger partial charge in [0.25, 0.3) is 0 Å². The SMILES string of the molecule is C=C1C[C@]23O[C@@]1(C)C[C@]2(C)CCCC3(C)C. The van der Waals surface area contributed by atoms with Crippen molar-refractivity contribution >= 4 is 0 Å². The topological polar surface area (TPSA) is 9.23 Å². The maximum Gasteiger partial charge on any atom is 0.0876 e. The minimum absolute atomic E-state index is 0.0314. The summed E-state index contributed by atoms with van der Waals surface area (Å²) in [7, 11) is 0. The highest BCUT2D eigenvalue weighted by Gasteiger charge is 2.72. The van der Waals surface area contributed by atoms with E-state index < -0.39 is 0 Å². The summed E-state index contributed by atoms with van der Waals surface area (Å²) in [6, 6.07) is 0. The first-order valence-electron chi connectivity index (χ1n) is 6.63. The predicted molar refractivity (Wildman–Crippen MR) is 66.3 cm³/mol. The Hall–Kier alpha value is -0.300. The molecule has 2 aliphatic heterocycles. The Bertz CT molecular complexity index is 370. The number of hydrogen-bond acceptors (Lipinski definition) is 1. The smallest absolute Gasteiger partial charge is 0.0876 e.